The normalized spacial score (nSPS) is 10.4. The number of nitro groups is 1. The quantitative estimate of drug-likeness (QED) is 0.397. The van der Waals surface area contributed by atoms with Crippen molar-refractivity contribution in [1.29, 1.82) is 0 Å². The van der Waals surface area contributed by atoms with E-state index in [1.807, 2.05) is 6.07 Å². The zero-order chi connectivity index (χ0) is 15.2. The van der Waals surface area contributed by atoms with Crippen molar-refractivity contribution in [2.45, 2.75) is 18.2 Å². The van der Waals surface area contributed by atoms with Gasteiger partial charge >= 0.3 is 0 Å². The summed E-state index contributed by atoms with van der Waals surface area (Å²) < 4.78 is 5.69. The van der Waals surface area contributed by atoms with Crippen LogP contribution < -0.4 is 4.74 Å². The number of nitro benzene ring substituents is 1. The second-order valence-electron chi connectivity index (χ2n) is 4.29. The molecule has 0 fully saturated rings. The maximum Gasteiger partial charge on any atom is 0.269 e. The molecule has 0 aliphatic heterocycles. The molecular formula is C15H14ClNO3S. The molecule has 0 heterocycles. The number of thioether (sulfide) groups is 1. The fourth-order valence-electron chi connectivity index (χ4n) is 1.64. The lowest BCUT2D eigenvalue weighted by molar-refractivity contribution is -0.384. The predicted molar refractivity (Wildman–Crippen MR) is 85.6 cm³/mol. The fraction of sp³-hybridized carbons (Fsp3) is 0.200. The Hall–Kier alpha value is -1.72. The van der Waals surface area contributed by atoms with Gasteiger partial charge < -0.3 is 4.74 Å². The van der Waals surface area contributed by atoms with Crippen molar-refractivity contribution in [3.63, 3.8) is 0 Å². The van der Waals surface area contributed by atoms with Crippen LogP contribution in [-0.2, 0) is 0 Å². The molecule has 0 bridgehead atoms. The number of nitrogens with zero attached hydrogens (tertiary/aromatic N) is 1. The monoisotopic (exact) mass is 323 g/mol. The Kier molecular flexibility index (Phi) is 5.47. The Bertz CT molecular complexity index is 631. The third-order valence-electron chi connectivity index (χ3n) is 2.65. The summed E-state index contributed by atoms with van der Waals surface area (Å²) in [7, 11) is 0. The molecule has 0 saturated carbocycles. The highest BCUT2D eigenvalue weighted by molar-refractivity contribution is 7.99. The molecule has 0 unspecified atom stereocenters. The average molecular weight is 324 g/mol. The largest absolute Gasteiger partial charge is 0.457 e. The lowest BCUT2D eigenvalue weighted by Gasteiger charge is -2.09. The summed E-state index contributed by atoms with van der Waals surface area (Å²) in [5.41, 5.74) is 0.0395. The standard InChI is InChI=1S/C15H14ClNO3S/c1-2-9-21-15-10-13(7-8-14(15)16)20-12-5-3-11(4-6-12)17(18)19/h3-8,10H,2,9H2,1H3. The predicted octanol–water partition coefficient (Wildman–Crippen LogP) is 5.54. The summed E-state index contributed by atoms with van der Waals surface area (Å²) in [5, 5.41) is 11.3. The first-order valence-corrected chi connectivity index (χ1v) is 7.81. The van der Waals surface area contributed by atoms with Crippen LogP contribution in [0.3, 0.4) is 0 Å². The van der Waals surface area contributed by atoms with Crippen LogP contribution in [0.1, 0.15) is 13.3 Å². The number of ether oxygens (including phenoxy) is 1. The summed E-state index contributed by atoms with van der Waals surface area (Å²) in [4.78, 5) is 11.1. The van der Waals surface area contributed by atoms with E-state index >= 15 is 0 Å². The van der Waals surface area contributed by atoms with Crippen molar-refractivity contribution in [2.75, 3.05) is 5.75 Å². The first-order chi connectivity index (χ1) is 10.1. The molecule has 2 aromatic carbocycles. The van der Waals surface area contributed by atoms with Crippen molar-refractivity contribution in [3.05, 3.63) is 57.6 Å². The van der Waals surface area contributed by atoms with Crippen LogP contribution >= 0.6 is 23.4 Å². The van der Waals surface area contributed by atoms with Crippen molar-refractivity contribution >= 4 is 29.1 Å². The highest BCUT2D eigenvalue weighted by Gasteiger charge is 2.07. The Morgan fingerprint density at radius 1 is 1.19 bits per heavy atom. The van der Waals surface area contributed by atoms with Gasteiger partial charge in [0, 0.05) is 17.0 Å². The highest BCUT2D eigenvalue weighted by atomic mass is 35.5. The first-order valence-electron chi connectivity index (χ1n) is 6.45. The lowest BCUT2D eigenvalue weighted by atomic mass is 10.3. The van der Waals surface area contributed by atoms with Crippen LogP contribution in [0.2, 0.25) is 5.02 Å². The minimum absolute atomic E-state index is 0.0395. The molecule has 0 N–H and O–H groups in total. The summed E-state index contributed by atoms with van der Waals surface area (Å²) in [6.45, 7) is 2.11. The second-order valence-corrected chi connectivity index (χ2v) is 5.84. The van der Waals surface area contributed by atoms with Crippen molar-refractivity contribution in [2.24, 2.45) is 0 Å². The number of non-ortho nitro benzene ring substituents is 1. The van der Waals surface area contributed by atoms with Crippen LogP contribution in [0.25, 0.3) is 0 Å². The molecule has 110 valence electrons. The first kappa shape index (κ1) is 15.7. The minimum atomic E-state index is -0.439. The molecule has 21 heavy (non-hydrogen) atoms. The van der Waals surface area contributed by atoms with E-state index in [0.717, 1.165) is 17.1 Å². The third kappa shape index (κ3) is 4.37. The molecule has 0 saturated heterocycles. The van der Waals surface area contributed by atoms with Gasteiger partial charge in [-0.1, -0.05) is 18.5 Å². The summed E-state index contributed by atoms with van der Waals surface area (Å²) in [5.74, 6) is 2.20. The van der Waals surface area contributed by atoms with E-state index in [1.165, 1.54) is 12.1 Å². The average Bonchev–Trinajstić information content (AvgIpc) is 2.48. The van der Waals surface area contributed by atoms with Crippen LogP contribution in [0.15, 0.2) is 47.4 Å². The maximum atomic E-state index is 10.6. The van der Waals surface area contributed by atoms with Crippen LogP contribution in [0.4, 0.5) is 5.69 Å². The molecule has 0 radical (unpaired) electrons. The van der Waals surface area contributed by atoms with Gasteiger partial charge in [-0.25, -0.2) is 0 Å². The van der Waals surface area contributed by atoms with Crippen LogP contribution in [0.5, 0.6) is 11.5 Å². The van der Waals surface area contributed by atoms with Gasteiger partial charge in [-0.2, -0.15) is 0 Å². The topological polar surface area (TPSA) is 52.4 Å². The van der Waals surface area contributed by atoms with Gasteiger partial charge in [0.2, 0.25) is 0 Å². The molecule has 2 aromatic rings. The second kappa shape index (κ2) is 7.33. The van der Waals surface area contributed by atoms with E-state index in [0.29, 0.717) is 16.5 Å². The van der Waals surface area contributed by atoms with Crippen molar-refractivity contribution in [3.8, 4) is 11.5 Å². The Morgan fingerprint density at radius 2 is 1.86 bits per heavy atom. The zero-order valence-corrected chi connectivity index (χ0v) is 13.0. The number of rotatable bonds is 6. The van der Waals surface area contributed by atoms with Gasteiger partial charge in [0.05, 0.1) is 9.95 Å². The van der Waals surface area contributed by atoms with E-state index in [2.05, 4.69) is 6.92 Å². The maximum absolute atomic E-state index is 10.6. The molecular weight excluding hydrogens is 310 g/mol. The Balaban J connectivity index is 2.13. The fourth-order valence-corrected chi connectivity index (χ4v) is 2.75. The van der Waals surface area contributed by atoms with Gasteiger partial charge in [0.15, 0.2) is 0 Å². The molecule has 2 rings (SSSR count). The van der Waals surface area contributed by atoms with Gasteiger partial charge in [-0.3, -0.25) is 10.1 Å². The van der Waals surface area contributed by atoms with E-state index in [1.54, 1.807) is 36.0 Å². The Morgan fingerprint density at radius 3 is 2.48 bits per heavy atom. The summed E-state index contributed by atoms with van der Waals surface area (Å²) in [6, 6.07) is 11.4. The lowest BCUT2D eigenvalue weighted by Crippen LogP contribution is -1.89. The van der Waals surface area contributed by atoms with Gasteiger partial charge in [0.25, 0.3) is 5.69 Å². The van der Waals surface area contributed by atoms with E-state index in [4.69, 9.17) is 16.3 Å². The molecule has 0 spiro atoms. The molecule has 0 atom stereocenters. The van der Waals surface area contributed by atoms with E-state index < -0.39 is 4.92 Å². The minimum Gasteiger partial charge on any atom is -0.457 e. The van der Waals surface area contributed by atoms with E-state index in [-0.39, 0.29) is 5.69 Å². The number of hydrogen-bond donors (Lipinski definition) is 0. The SMILES string of the molecule is CCCSc1cc(Oc2ccc([N+](=O)[O-])cc2)ccc1Cl. The molecule has 0 aromatic heterocycles. The number of halogens is 1. The molecule has 4 nitrogen and oxygen atoms in total. The van der Waals surface area contributed by atoms with Crippen molar-refractivity contribution in [1.82, 2.24) is 0 Å². The zero-order valence-electron chi connectivity index (χ0n) is 11.4. The molecule has 0 amide bonds. The van der Waals surface area contributed by atoms with E-state index in [9.17, 15) is 10.1 Å². The summed E-state index contributed by atoms with van der Waals surface area (Å²) in [6.07, 6.45) is 1.06. The molecule has 6 heteroatoms. The van der Waals surface area contributed by atoms with Gasteiger partial charge in [-0.05, 0) is 42.5 Å². The van der Waals surface area contributed by atoms with Crippen LogP contribution in [-0.4, -0.2) is 10.7 Å². The molecule has 0 aliphatic rings. The van der Waals surface area contributed by atoms with Crippen molar-refractivity contribution < 1.29 is 9.66 Å². The third-order valence-corrected chi connectivity index (χ3v) is 4.35. The van der Waals surface area contributed by atoms with Crippen LogP contribution in [0, 0.1) is 10.1 Å². The number of benzene rings is 2. The molecule has 0 aliphatic carbocycles. The highest BCUT2D eigenvalue weighted by Crippen LogP contribution is 2.33. The number of hydrogen-bond acceptors (Lipinski definition) is 4. The smallest absolute Gasteiger partial charge is 0.269 e. The summed E-state index contributed by atoms with van der Waals surface area (Å²) >= 11 is 7.82. The Labute approximate surface area is 132 Å². The van der Waals surface area contributed by atoms with Gasteiger partial charge in [0.1, 0.15) is 11.5 Å². The van der Waals surface area contributed by atoms with Gasteiger partial charge in [-0.15, -0.1) is 11.8 Å².